The molecule has 0 atom stereocenters. The molecule has 0 amide bonds. The number of para-hydroxylation sites is 2. The van der Waals surface area contributed by atoms with Crippen molar-refractivity contribution < 1.29 is 4.79 Å². The Morgan fingerprint density at radius 3 is 1.74 bits per heavy atom. The van der Waals surface area contributed by atoms with Gasteiger partial charge < -0.3 is 4.90 Å². The second kappa shape index (κ2) is 8.95. The highest BCUT2D eigenvalue weighted by Crippen LogP contribution is 2.44. The van der Waals surface area contributed by atoms with Crippen molar-refractivity contribution in [1.29, 1.82) is 0 Å². The van der Waals surface area contributed by atoms with Crippen LogP contribution in [0.25, 0.3) is 31.9 Å². The molecular weight excluding hydrogens is 479 g/mol. The van der Waals surface area contributed by atoms with E-state index < -0.39 is 0 Å². The van der Waals surface area contributed by atoms with Gasteiger partial charge >= 0.3 is 0 Å². The molecule has 0 bridgehead atoms. The Morgan fingerprint density at radius 2 is 1.18 bits per heavy atom. The van der Waals surface area contributed by atoms with Gasteiger partial charge in [-0.05, 0) is 48.5 Å². The lowest BCUT2D eigenvalue weighted by Crippen LogP contribution is -2.07. The number of hydrogen-bond acceptors (Lipinski definition) is 7. The number of carbonyl (C=O) groups is 1. The summed E-state index contributed by atoms with van der Waals surface area (Å²) in [5.74, 6) is 0. The zero-order chi connectivity index (χ0) is 22.9. The third kappa shape index (κ3) is 3.74. The van der Waals surface area contributed by atoms with E-state index in [2.05, 4.69) is 86.4 Å². The predicted octanol–water partition coefficient (Wildman–Crippen LogP) is 8.43. The van der Waals surface area contributed by atoms with Gasteiger partial charge in [0.1, 0.15) is 16.0 Å². The van der Waals surface area contributed by atoms with Crippen LogP contribution in [0.3, 0.4) is 0 Å². The molecular formula is C27H17N3OS3. The molecule has 3 heterocycles. The lowest BCUT2D eigenvalue weighted by atomic mass is 10.1. The van der Waals surface area contributed by atoms with Gasteiger partial charge in [0.15, 0.2) is 6.29 Å². The van der Waals surface area contributed by atoms with Crippen LogP contribution in [0, 0.1) is 0 Å². The van der Waals surface area contributed by atoms with Gasteiger partial charge in [-0.15, -0.1) is 22.7 Å². The highest BCUT2D eigenvalue weighted by Gasteiger charge is 2.18. The van der Waals surface area contributed by atoms with Crippen molar-refractivity contribution in [2.45, 2.75) is 0 Å². The van der Waals surface area contributed by atoms with Crippen LogP contribution in [-0.2, 0) is 0 Å². The molecule has 3 aromatic heterocycles. The molecule has 34 heavy (non-hydrogen) atoms. The summed E-state index contributed by atoms with van der Waals surface area (Å²) in [5, 5.41) is 1.13. The van der Waals surface area contributed by atoms with Crippen molar-refractivity contribution in [1.82, 2.24) is 8.75 Å². The lowest BCUT2D eigenvalue weighted by Gasteiger charge is -2.23. The van der Waals surface area contributed by atoms with Crippen molar-refractivity contribution in [3.8, 4) is 20.9 Å². The number of carbonyl (C=O) groups excluding carboxylic acids is 1. The summed E-state index contributed by atoms with van der Waals surface area (Å²) in [7, 11) is 0. The van der Waals surface area contributed by atoms with E-state index >= 15 is 0 Å². The fourth-order valence-electron chi connectivity index (χ4n) is 3.98. The van der Waals surface area contributed by atoms with Crippen molar-refractivity contribution in [2.24, 2.45) is 0 Å². The molecule has 0 fully saturated rings. The molecule has 0 radical (unpaired) electrons. The topological polar surface area (TPSA) is 46.1 Å². The third-order valence-electron chi connectivity index (χ3n) is 5.53. The number of fused-ring (bicyclic) bond motifs is 1. The number of benzene rings is 3. The highest BCUT2D eigenvalue weighted by atomic mass is 32.1. The van der Waals surface area contributed by atoms with Crippen molar-refractivity contribution in [3.63, 3.8) is 0 Å². The maximum atomic E-state index is 11.1. The first-order valence-corrected chi connectivity index (χ1v) is 13.0. The summed E-state index contributed by atoms with van der Waals surface area (Å²) in [6.07, 6.45) is 0.886. The van der Waals surface area contributed by atoms with Crippen LogP contribution in [0.4, 0.5) is 16.4 Å². The summed E-state index contributed by atoms with van der Waals surface area (Å²) in [6, 6.07) is 33.1. The highest BCUT2D eigenvalue weighted by molar-refractivity contribution is 7.19. The standard InChI is InChI=1S/C27H17N3OS3/c31-17-20-11-14-23(32-20)21-12-13-22(27-26(21)28-34-29-27)24-15-16-25(33-24)30(18-7-3-1-4-8-18)19-9-5-2-6-10-19/h1-17H. The molecule has 0 saturated carbocycles. The van der Waals surface area contributed by atoms with Gasteiger partial charge in [0.2, 0.25) is 0 Å². The van der Waals surface area contributed by atoms with E-state index in [1.165, 1.54) is 23.1 Å². The molecule has 0 aliphatic heterocycles. The lowest BCUT2D eigenvalue weighted by molar-refractivity contribution is 0.112. The fourth-order valence-corrected chi connectivity index (χ4v) is 6.47. The Labute approximate surface area is 208 Å². The molecule has 6 aromatic rings. The summed E-state index contributed by atoms with van der Waals surface area (Å²) in [5.41, 5.74) is 6.07. The Kier molecular flexibility index (Phi) is 5.50. The van der Waals surface area contributed by atoms with Crippen molar-refractivity contribution in [3.05, 3.63) is 102 Å². The van der Waals surface area contributed by atoms with E-state index in [1.54, 1.807) is 11.3 Å². The van der Waals surface area contributed by atoms with Crippen LogP contribution in [-0.4, -0.2) is 15.0 Å². The van der Waals surface area contributed by atoms with Crippen molar-refractivity contribution in [2.75, 3.05) is 4.90 Å². The maximum Gasteiger partial charge on any atom is 0.160 e. The summed E-state index contributed by atoms with van der Waals surface area (Å²) in [6.45, 7) is 0. The van der Waals surface area contributed by atoms with Gasteiger partial charge in [-0.3, -0.25) is 4.79 Å². The molecule has 164 valence electrons. The fraction of sp³-hybridized carbons (Fsp3) is 0. The average Bonchev–Trinajstić information content (AvgIpc) is 3.66. The minimum atomic E-state index is 0.709. The zero-order valence-corrected chi connectivity index (χ0v) is 20.2. The second-order valence-electron chi connectivity index (χ2n) is 7.59. The van der Waals surface area contributed by atoms with Gasteiger partial charge in [0.25, 0.3) is 0 Å². The Morgan fingerprint density at radius 1 is 0.618 bits per heavy atom. The van der Waals surface area contributed by atoms with Crippen molar-refractivity contribution >= 4 is 68.1 Å². The van der Waals surface area contributed by atoms with Crippen LogP contribution in [0.5, 0.6) is 0 Å². The van der Waals surface area contributed by atoms with Crippen LogP contribution in [0.2, 0.25) is 0 Å². The van der Waals surface area contributed by atoms with Gasteiger partial charge in [0, 0.05) is 32.3 Å². The van der Waals surface area contributed by atoms with E-state index in [0.717, 1.165) is 54.6 Å². The SMILES string of the molecule is O=Cc1ccc(-c2ccc(-c3ccc(N(c4ccccc4)c4ccccc4)s3)c3nsnc23)s1. The number of thiophene rings is 2. The smallest absolute Gasteiger partial charge is 0.160 e. The molecule has 0 N–H and O–H groups in total. The van der Waals surface area contributed by atoms with Gasteiger partial charge in [0.05, 0.1) is 16.6 Å². The number of aromatic nitrogens is 2. The molecule has 0 aliphatic rings. The molecule has 0 aliphatic carbocycles. The Balaban J connectivity index is 1.44. The molecule has 6 rings (SSSR count). The monoisotopic (exact) mass is 495 g/mol. The number of nitrogens with zero attached hydrogens (tertiary/aromatic N) is 3. The summed E-state index contributed by atoms with van der Waals surface area (Å²) in [4.78, 5) is 16.3. The minimum Gasteiger partial charge on any atom is -0.302 e. The van der Waals surface area contributed by atoms with E-state index in [4.69, 9.17) is 0 Å². The normalized spacial score (nSPS) is 11.1. The number of rotatable bonds is 6. The molecule has 0 spiro atoms. The quantitative estimate of drug-likeness (QED) is 0.218. The number of aldehydes is 1. The van der Waals surface area contributed by atoms with Crippen LogP contribution >= 0.6 is 34.4 Å². The Bertz CT molecular complexity index is 1550. The van der Waals surface area contributed by atoms with Gasteiger partial charge in [-0.1, -0.05) is 48.5 Å². The Hall–Kier alpha value is -3.65. The van der Waals surface area contributed by atoms with E-state index in [-0.39, 0.29) is 0 Å². The van der Waals surface area contributed by atoms with Gasteiger partial charge in [-0.25, -0.2) is 0 Å². The van der Waals surface area contributed by atoms with E-state index in [1.807, 2.05) is 24.3 Å². The summed E-state index contributed by atoms with van der Waals surface area (Å²) < 4.78 is 9.23. The number of anilines is 3. The van der Waals surface area contributed by atoms with E-state index in [9.17, 15) is 4.79 Å². The molecule has 3 aromatic carbocycles. The van der Waals surface area contributed by atoms with Crippen LogP contribution < -0.4 is 4.90 Å². The average molecular weight is 496 g/mol. The zero-order valence-electron chi connectivity index (χ0n) is 17.8. The summed E-state index contributed by atoms with van der Waals surface area (Å²) >= 11 is 4.42. The molecule has 0 unspecified atom stereocenters. The minimum absolute atomic E-state index is 0.709. The third-order valence-corrected chi connectivity index (χ3v) is 8.21. The predicted molar refractivity (Wildman–Crippen MR) is 144 cm³/mol. The van der Waals surface area contributed by atoms with Crippen LogP contribution in [0.15, 0.2) is 97.1 Å². The van der Waals surface area contributed by atoms with E-state index in [0.29, 0.717) is 4.88 Å². The first kappa shape index (κ1) is 20.9. The maximum absolute atomic E-state index is 11.1. The van der Waals surface area contributed by atoms with Crippen LogP contribution in [0.1, 0.15) is 9.67 Å². The number of hydrogen-bond donors (Lipinski definition) is 0. The first-order valence-electron chi connectivity index (χ1n) is 10.6. The second-order valence-corrected chi connectivity index (χ2v) is 10.3. The first-order chi connectivity index (χ1) is 16.8. The van der Waals surface area contributed by atoms with Gasteiger partial charge in [-0.2, -0.15) is 8.75 Å². The molecule has 4 nitrogen and oxygen atoms in total. The largest absolute Gasteiger partial charge is 0.302 e. The molecule has 0 saturated heterocycles. The molecule has 7 heteroatoms.